The van der Waals surface area contributed by atoms with Crippen molar-refractivity contribution in [1.29, 1.82) is 5.26 Å². The van der Waals surface area contributed by atoms with E-state index in [4.69, 9.17) is 10.00 Å². The highest BCUT2D eigenvalue weighted by molar-refractivity contribution is 8.02. The molecule has 0 bridgehead atoms. The largest absolute Gasteiger partial charge is 0.495 e. The number of carbonyl (C=O) groups is 1. The third kappa shape index (κ3) is 3.66. The van der Waals surface area contributed by atoms with Crippen LogP contribution in [0.4, 0.5) is 5.69 Å². The number of para-hydroxylation sites is 2. The standard InChI is InChI=1S/C13H14N2O3S/c1-17-11-7-5-4-6-10(11)15-12(19-3)9(8-14)13(16)18-2/h4-7,15H,1-3H3/b12-9+. The van der Waals surface area contributed by atoms with E-state index in [1.807, 2.05) is 18.2 Å². The smallest absolute Gasteiger partial charge is 0.351 e. The third-order valence-corrected chi connectivity index (χ3v) is 3.00. The molecule has 0 aromatic heterocycles. The summed E-state index contributed by atoms with van der Waals surface area (Å²) in [5, 5.41) is 12.5. The van der Waals surface area contributed by atoms with Crippen molar-refractivity contribution in [3.63, 3.8) is 0 Å². The first kappa shape index (κ1) is 14.9. The number of nitriles is 1. The highest BCUT2D eigenvalue weighted by Crippen LogP contribution is 2.28. The van der Waals surface area contributed by atoms with Gasteiger partial charge in [-0.15, -0.1) is 11.8 Å². The summed E-state index contributed by atoms with van der Waals surface area (Å²) in [4.78, 5) is 11.5. The van der Waals surface area contributed by atoms with Crippen LogP contribution in [0.3, 0.4) is 0 Å². The second kappa shape index (κ2) is 7.34. The minimum absolute atomic E-state index is 0.0686. The molecule has 1 N–H and O–H groups in total. The summed E-state index contributed by atoms with van der Waals surface area (Å²) in [6.07, 6.45) is 1.76. The maximum absolute atomic E-state index is 11.5. The quantitative estimate of drug-likeness (QED) is 0.506. The Morgan fingerprint density at radius 3 is 2.58 bits per heavy atom. The molecule has 0 saturated carbocycles. The van der Waals surface area contributed by atoms with Crippen LogP contribution in [0.5, 0.6) is 5.75 Å². The van der Waals surface area contributed by atoms with Gasteiger partial charge in [-0.3, -0.25) is 0 Å². The van der Waals surface area contributed by atoms with Crippen LogP contribution < -0.4 is 10.1 Å². The summed E-state index contributed by atoms with van der Waals surface area (Å²) >= 11 is 1.25. The van der Waals surface area contributed by atoms with E-state index >= 15 is 0 Å². The molecule has 0 radical (unpaired) electrons. The molecular weight excluding hydrogens is 264 g/mol. The number of anilines is 1. The second-order valence-electron chi connectivity index (χ2n) is 3.34. The van der Waals surface area contributed by atoms with Crippen molar-refractivity contribution >= 4 is 23.4 Å². The van der Waals surface area contributed by atoms with Crippen LogP contribution in [0.2, 0.25) is 0 Å². The molecule has 6 heteroatoms. The van der Waals surface area contributed by atoms with Gasteiger partial charge < -0.3 is 14.8 Å². The van der Waals surface area contributed by atoms with E-state index in [9.17, 15) is 4.79 Å². The number of hydrogen-bond donors (Lipinski definition) is 1. The number of nitrogens with one attached hydrogen (secondary N) is 1. The number of esters is 1. The SMILES string of the molecule is COC(=O)/C(C#N)=C(\Nc1ccccc1OC)SC. The summed E-state index contributed by atoms with van der Waals surface area (Å²) in [6, 6.07) is 9.08. The Morgan fingerprint density at radius 2 is 2.05 bits per heavy atom. The van der Waals surface area contributed by atoms with E-state index in [1.165, 1.54) is 18.9 Å². The Bertz CT molecular complexity index is 535. The minimum atomic E-state index is -0.672. The van der Waals surface area contributed by atoms with Crippen molar-refractivity contribution < 1.29 is 14.3 Å². The van der Waals surface area contributed by atoms with Crippen molar-refractivity contribution in [3.05, 3.63) is 34.9 Å². The molecule has 1 aromatic carbocycles. The molecule has 0 aliphatic carbocycles. The van der Waals surface area contributed by atoms with E-state index in [0.717, 1.165) is 0 Å². The molecule has 100 valence electrons. The molecule has 0 spiro atoms. The first-order valence-corrected chi connectivity index (χ1v) is 6.57. The van der Waals surface area contributed by atoms with Gasteiger partial charge in [0.05, 0.1) is 24.9 Å². The summed E-state index contributed by atoms with van der Waals surface area (Å²) in [6.45, 7) is 0. The average molecular weight is 278 g/mol. The van der Waals surface area contributed by atoms with Gasteiger partial charge in [-0.1, -0.05) is 12.1 Å². The van der Waals surface area contributed by atoms with E-state index in [2.05, 4.69) is 10.1 Å². The van der Waals surface area contributed by atoms with Crippen LogP contribution in [-0.4, -0.2) is 26.4 Å². The fourth-order valence-corrected chi connectivity index (χ4v) is 1.92. The molecule has 0 aliphatic heterocycles. The molecule has 1 aromatic rings. The molecule has 19 heavy (non-hydrogen) atoms. The van der Waals surface area contributed by atoms with Crippen molar-refractivity contribution in [3.8, 4) is 11.8 Å². The predicted octanol–water partition coefficient (Wildman–Crippen LogP) is 2.38. The molecule has 0 fully saturated rings. The molecule has 0 unspecified atom stereocenters. The normalized spacial score (nSPS) is 11.1. The van der Waals surface area contributed by atoms with Gasteiger partial charge in [0.25, 0.3) is 0 Å². The van der Waals surface area contributed by atoms with Gasteiger partial charge in [0.15, 0.2) is 5.57 Å². The summed E-state index contributed by atoms with van der Waals surface area (Å²) in [5.74, 6) is -0.0505. The van der Waals surface area contributed by atoms with Gasteiger partial charge in [0.2, 0.25) is 0 Å². The van der Waals surface area contributed by atoms with Crippen LogP contribution >= 0.6 is 11.8 Å². The zero-order chi connectivity index (χ0) is 14.3. The zero-order valence-corrected chi connectivity index (χ0v) is 11.7. The third-order valence-electron chi connectivity index (χ3n) is 2.29. The highest BCUT2D eigenvalue weighted by Gasteiger charge is 2.16. The number of hydrogen-bond acceptors (Lipinski definition) is 6. The second-order valence-corrected chi connectivity index (χ2v) is 4.15. The number of benzene rings is 1. The van der Waals surface area contributed by atoms with E-state index in [0.29, 0.717) is 16.5 Å². The van der Waals surface area contributed by atoms with Crippen LogP contribution in [-0.2, 0) is 9.53 Å². The highest BCUT2D eigenvalue weighted by atomic mass is 32.2. The minimum Gasteiger partial charge on any atom is -0.495 e. The molecule has 1 rings (SSSR count). The van der Waals surface area contributed by atoms with Crippen LogP contribution in [0, 0.1) is 11.3 Å². The van der Waals surface area contributed by atoms with E-state index in [-0.39, 0.29) is 5.57 Å². The van der Waals surface area contributed by atoms with Gasteiger partial charge in [-0.25, -0.2) is 4.79 Å². The molecule has 5 nitrogen and oxygen atoms in total. The lowest BCUT2D eigenvalue weighted by Crippen LogP contribution is -2.10. The summed E-state index contributed by atoms with van der Waals surface area (Å²) in [7, 11) is 2.79. The fourth-order valence-electron chi connectivity index (χ4n) is 1.38. The topological polar surface area (TPSA) is 71.4 Å². The summed E-state index contributed by atoms with van der Waals surface area (Å²) in [5.41, 5.74) is 0.604. The van der Waals surface area contributed by atoms with Crippen LogP contribution in [0.25, 0.3) is 0 Å². The zero-order valence-electron chi connectivity index (χ0n) is 10.9. The molecule has 0 heterocycles. The Balaban J connectivity index is 3.15. The van der Waals surface area contributed by atoms with Crippen molar-refractivity contribution in [1.82, 2.24) is 0 Å². The Hall–Kier alpha value is -2.13. The first-order chi connectivity index (χ1) is 9.17. The van der Waals surface area contributed by atoms with Gasteiger partial charge in [-0.05, 0) is 18.4 Å². The molecule has 0 atom stereocenters. The molecule has 0 amide bonds. The van der Waals surface area contributed by atoms with Gasteiger partial charge >= 0.3 is 5.97 Å². The van der Waals surface area contributed by atoms with Crippen LogP contribution in [0.1, 0.15) is 0 Å². The number of nitrogens with zero attached hydrogens (tertiary/aromatic N) is 1. The average Bonchev–Trinajstić information content (AvgIpc) is 2.46. The monoisotopic (exact) mass is 278 g/mol. The number of rotatable bonds is 5. The van der Waals surface area contributed by atoms with Gasteiger partial charge in [0.1, 0.15) is 11.8 Å². The maximum atomic E-state index is 11.5. The number of thioether (sulfide) groups is 1. The Morgan fingerprint density at radius 1 is 1.37 bits per heavy atom. The van der Waals surface area contributed by atoms with Crippen molar-refractivity contribution in [2.45, 2.75) is 0 Å². The predicted molar refractivity (Wildman–Crippen MR) is 74.8 cm³/mol. The summed E-state index contributed by atoms with van der Waals surface area (Å²) < 4.78 is 9.77. The Labute approximate surface area is 116 Å². The molecule has 0 saturated heterocycles. The number of carbonyl (C=O) groups excluding carboxylic acids is 1. The first-order valence-electron chi connectivity index (χ1n) is 5.34. The number of methoxy groups -OCH3 is 2. The Kier molecular flexibility index (Phi) is 5.76. The molecular formula is C13H14N2O3S. The van der Waals surface area contributed by atoms with E-state index < -0.39 is 5.97 Å². The molecule has 0 aliphatic rings. The van der Waals surface area contributed by atoms with Crippen molar-refractivity contribution in [2.75, 3.05) is 25.8 Å². The van der Waals surface area contributed by atoms with Crippen molar-refractivity contribution in [2.24, 2.45) is 0 Å². The lowest BCUT2D eigenvalue weighted by molar-refractivity contribution is -0.135. The lowest BCUT2D eigenvalue weighted by atomic mass is 10.2. The van der Waals surface area contributed by atoms with E-state index in [1.54, 1.807) is 25.5 Å². The lowest BCUT2D eigenvalue weighted by Gasteiger charge is -2.13. The maximum Gasteiger partial charge on any atom is 0.351 e. The van der Waals surface area contributed by atoms with Crippen LogP contribution in [0.15, 0.2) is 34.9 Å². The van der Waals surface area contributed by atoms with Gasteiger partial charge in [-0.2, -0.15) is 5.26 Å². The van der Waals surface area contributed by atoms with Gasteiger partial charge in [0, 0.05) is 0 Å². The number of ether oxygens (including phenoxy) is 2. The fraction of sp³-hybridized carbons (Fsp3) is 0.231.